The van der Waals surface area contributed by atoms with Gasteiger partial charge in [-0.15, -0.1) is 11.3 Å². The first-order chi connectivity index (χ1) is 10.1. The van der Waals surface area contributed by atoms with Gasteiger partial charge in [-0.1, -0.05) is 43.5 Å². The van der Waals surface area contributed by atoms with Crippen LogP contribution in [0.5, 0.6) is 0 Å². The monoisotopic (exact) mass is 341 g/mol. The lowest BCUT2D eigenvalue weighted by molar-refractivity contribution is 0.501. The number of rotatable bonds is 7. The van der Waals surface area contributed by atoms with Crippen molar-refractivity contribution in [2.24, 2.45) is 0 Å². The Balaban J connectivity index is 2.22. The van der Waals surface area contributed by atoms with Crippen LogP contribution in [0.2, 0.25) is 10.0 Å². The summed E-state index contributed by atoms with van der Waals surface area (Å²) in [7, 11) is 0. The molecule has 0 radical (unpaired) electrons. The van der Waals surface area contributed by atoms with E-state index in [4.69, 9.17) is 23.2 Å². The zero-order chi connectivity index (χ0) is 15.2. The molecule has 2 aromatic rings. The maximum Gasteiger partial charge on any atom is 0.0427 e. The number of nitrogens with one attached hydrogen (secondary N) is 1. The van der Waals surface area contributed by atoms with Gasteiger partial charge in [-0.25, -0.2) is 0 Å². The van der Waals surface area contributed by atoms with Gasteiger partial charge in [0.15, 0.2) is 0 Å². The average Bonchev–Trinajstić information content (AvgIpc) is 2.92. The Kier molecular flexibility index (Phi) is 6.56. The SMILES string of the molecule is CCCNC(CCC)c1ccc(-c2cc(Cl)cc(Cl)c2)s1. The first-order valence-electron chi connectivity index (χ1n) is 7.43. The number of halogens is 2. The van der Waals surface area contributed by atoms with Gasteiger partial charge < -0.3 is 5.32 Å². The Morgan fingerprint density at radius 2 is 1.76 bits per heavy atom. The number of hydrogen-bond acceptors (Lipinski definition) is 2. The summed E-state index contributed by atoms with van der Waals surface area (Å²) in [6.45, 7) is 5.48. The van der Waals surface area contributed by atoms with Gasteiger partial charge in [0.05, 0.1) is 0 Å². The van der Waals surface area contributed by atoms with Crippen LogP contribution in [0.3, 0.4) is 0 Å². The van der Waals surface area contributed by atoms with Crippen molar-refractivity contribution in [3.63, 3.8) is 0 Å². The van der Waals surface area contributed by atoms with Crippen molar-refractivity contribution in [3.8, 4) is 10.4 Å². The summed E-state index contributed by atoms with van der Waals surface area (Å²) in [5.41, 5.74) is 1.09. The van der Waals surface area contributed by atoms with E-state index in [9.17, 15) is 0 Å². The molecule has 1 aromatic carbocycles. The minimum absolute atomic E-state index is 0.448. The van der Waals surface area contributed by atoms with Gasteiger partial charge in [0.2, 0.25) is 0 Å². The van der Waals surface area contributed by atoms with E-state index in [2.05, 4.69) is 31.3 Å². The number of hydrogen-bond donors (Lipinski definition) is 1. The summed E-state index contributed by atoms with van der Waals surface area (Å²) >= 11 is 14.0. The van der Waals surface area contributed by atoms with E-state index in [-0.39, 0.29) is 0 Å². The predicted octanol–water partition coefficient (Wildman–Crippen LogP) is 6.56. The molecule has 0 spiro atoms. The van der Waals surface area contributed by atoms with E-state index < -0.39 is 0 Å². The van der Waals surface area contributed by atoms with Crippen LogP contribution in [0.15, 0.2) is 30.3 Å². The molecule has 2 rings (SSSR count). The van der Waals surface area contributed by atoms with Gasteiger partial charge in [0.25, 0.3) is 0 Å². The topological polar surface area (TPSA) is 12.0 Å². The molecular formula is C17H21Cl2NS. The Labute approximate surface area is 141 Å². The highest BCUT2D eigenvalue weighted by atomic mass is 35.5. The van der Waals surface area contributed by atoms with Crippen LogP contribution in [0.4, 0.5) is 0 Å². The molecule has 21 heavy (non-hydrogen) atoms. The molecule has 4 heteroatoms. The fourth-order valence-corrected chi connectivity index (χ4v) is 3.97. The normalized spacial score (nSPS) is 12.6. The van der Waals surface area contributed by atoms with E-state index >= 15 is 0 Å². The zero-order valence-corrected chi connectivity index (χ0v) is 14.8. The van der Waals surface area contributed by atoms with Crippen molar-refractivity contribution in [1.29, 1.82) is 0 Å². The minimum atomic E-state index is 0.448. The molecule has 0 aliphatic heterocycles. The van der Waals surface area contributed by atoms with Crippen LogP contribution in [-0.4, -0.2) is 6.54 Å². The van der Waals surface area contributed by atoms with Crippen molar-refractivity contribution in [2.45, 2.75) is 39.2 Å². The third-order valence-electron chi connectivity index (χ3n) is 3.34. The summed E-state index contributed by atoms with van der Waals surface area (Å²) in [5.74, 6) is 0. The van der Waals surface area contributed by atoms with Gasteiger partial charge in [0.1, 0.15) is 0 Å². The van der Waals surface area contributed by atoms with Crippen molar-refractivity contribution in [1.82, 2.24) is 5.32 Å². The second kappa shape index (κ2) is 8.19. The number of thiophene rings is 1. The Hall–Kier alpha value is -0.540. The quantitative estimate of drug-likeness (QED) is 0.600. The van der Waals surface area contributed by atoms with Crippen LogP contribution < -0.4 is 5.32 Å². The van der Waals surface area contributed by atoms with Gasteiger partial charge >= 0.3 is 0 Å². The number of benzene rings is 1. The van der Waals surface area contributed by atoms with Gasteiger partial charge in [-0.2, -0.15) is 0 Å². The van der Waals surface area contributed by atoms with Crippen LogP contribution in [-0.2, 0) is 0 Å². The Morgan fingerprint density at radius 3 is 2.38 bits per heavy atom. The van der Waals surface area contributed by atoms with Crippen LogP contribution >= 0.6 is 34.5 Å². The lowest BCUT2D eigenvalue weighted by atomic mass is 10.1. The van der Waals surface area contributed by atoms with Crippen LogP contribution in [0.1, 0.15) is 44.0 Å². The molecule has 1 heterocycles. The highest BCUT2D eigenvalue weighted by Gasteiger charge is 2.13. The fourth-order valence-electron chi connectivity index (χ4n) is 2.34. The van der Waals surface area contributed by atoms with Crippen molar-refractivity contribution in [3.05, 3.63) is 45.3 Å². The summed E-state index contributed by atoms with van der Waals surface area (Å²) in [6.07, 6.45) is 3.50. The molecule has 0 bridgehead atoms. The molecule has 0 fully saturated rings. The zero-order valence-electron chi connectivity index (χ0n) is 12.5. The molecule has 0 aliphatic rings. The van der Waals surface area contributed by atoms with Gasteiger partial charge in [0, 0.05) is 25.8 Å². The first kappa shape index (κ1) is 16.8. The fraction of sp³-hybridized carbons (Fsp3) is 0.412. The van der Waals surface area contributed by atoms with Gasteiger partial charge in [-0.05, 0) is 55.3 Å². The molecule has 1 nitrogen and oxygen atoms in total. The lowest BCUT2D eigenvalue weighted by Gasteiger charge is -2.16. The largest absolute Gasteiger partial charge is 0.309 e. The second-order valence-electron chi connectivity index (χ2n) is 5.16. The van der Waals surface area contributed by atoms with Gasteiger partial charge in [-0.3, -0.25) is 0 Å². The van der Waals surface area contributed by atoms with Crippen LogP contribution in [0, 0.1) is 0 Å². The molecule has 0 saturated heterocycles. The van der Waals surface area contributed by atoms with E-state index in [1.165, 1.54) is 16.2 Å². The maximum atomic E-state index is 6.10. The molecule has 1 aromatic heterocycles. The average molecular weight is 342 g/mol. The van der Waals surface area contributed by atoms with E-state index in [0.29, 0.717) is 16.1 Å². The van der Waals surface area contributed by atoms with E-state index in [1.54, 1.807) is 6.07 Å². The Bertz CT molecular complexity index is 560. The van der Waals surface area contributed by atoms with E-state index in [0.717, 1.165) is 24.9 Å². The molecule has 114 valence electrons. The second-order valence-corrected chi connectivity index (χ2v) is 7.14. The molecule has 1 N–H and O–H groups in total. The summed E-state index contributed by atoms with van der Waals surface area (Å²) < 4.78 is 0. The lowest BCUT2D eigenvalue weighted by Crippen LogP contribution is -2.21. The molecule has 0 saturated carbocycles. The summed E-state index contributed by atoms with van der Waals surface area (Å²) in [4.78, 5) is 2.60. The summed E-state index contributed by atoms with van der Waals surface area (Å²) in [5, 5.41) is 5.00. The third-order valence-corrected chi connectivity index (χ3v) is 5.02. The summed E-state index contributed by atoms with van der Waals surface area (Å²) in [6, 6.07) is 10.5. The first-order valence-corrected chi connectivity index (χ1v) is 9.00. The standard InChI is InChI=1S/C17H21Cl2NS/c1-3-5-15(20-8-4-2)17-7-6-16(21-17)12-9-13(18)11-14(19)10-12/h6-7,9-11,15,20H,3-5,8H2,1-2H3. The Morgan fingerprint density at radius 1 is 1.05 bits per heavy atom. The maximum absolute atomic E-state index is 6.10. The van der Waals surface area contributed by atoms with Crippen molar-refractivity contribution < 1.29 is 0 Å². The highest BCUT2D eigenvalue weighted by molar-refractivity contribution is 7.15. The van der Waals surface area contributed by atoms with Crippen LogP contribution in [0.25, 0.3) is 10.4 Å². The van der Waals surface area contributed by atoms with E-state index in [1.807, 2.05) is 23.5 Å². The molecule has 1 atom stereocenters. The van der Waals surface area contributed by atoms with Crippen molar-refractivity contribution in [2.75, 3.05) is 6.54 Å². The highest BCUT2D eigenvalue weighted by Crippen LogP contribution is 2.35. The third kappa shape index (κ3) is 4.72. The smallest absolute Gasteiger partial charge is 0.0427 e. The predicted molar refractivity (Wildman–Crippen MR) is 95.7 cm³/mol. The molecule has 1 unspecified atom stereocenters. The van der Waals surface area contributed by atoms with Crippen molar-refractivity contribution >= 4 is 34.5 Å². The molecule has 0 amide bonds. The molecular weight excluding hydrogens is 321 g/mol. The molecule has 0 aliphatic carbocycles. The minimum Gasteiger partial charge on any atom is -0.309 e.